The lowest BCUT2D eigenvalue weighted by Crippen LogP contribution is -2.39. The van der Waals surface area contributed by atoms with E-state index in [2.05, 4.69) is 25.2 Å². The van der Waals surface area contributed by atoms with Gasteiger partial charge in [0.05, 0.1) is 0 Å². The fraction of sp³-hybridized carbons (Fsp3) is 0.625. The zero-order valence-corrected chi connectivity index (χ0v) is 11.8. The average Bonchev–Trinajstić information content (AvgIpc) is 2.88. The van der Waals surface area contributed by atoms with Gasteiger partial charge >= 0.3 is 0 Å². The lowest BCUT2D eigenvalue weighted by atomic mass is 9.80. The zero-order chi connectivity index (χ0) is 13.2. The van der Waals surface area contributed by atoms with Crippen LogP contribution >= 0.6 is 0 Å². The summed E-state index contributed by atoms with van der Waals surface area (Å²) < 4.78 is 11.0. The van der Waals surface area contributed by atoms with Crippen LogP contribution in [0, 0.1) is 11.8 Å². The SMILES string of the molecule is CC1CCC(C)C(NCc2cccc3c2OCO3)C1. The van der Waals surface area contributed by atoms with E-state index in [4.69, 9.17) is 9.47 Å². The van der Waals surface area contributed by atoms with Crippen LogP contribution in [-0.2, 0) is 6.54 Å². The van der Waals surface area contributed by atoms with Crippen molar-refractivity contribution in [1.82, 2.24) is 5.32 Å². The van der Waals surface area contributed by atoms with E-state index in [1.54, 1.807) is 0 Å². The fourth-order valence-corrected chi connectivity index (χ4v) is 3.19. The molecular weight excluding hydrogens is 238 g/mol. The second kappa shape index (κ2) is 5.41. The molecule has 2 aliphatic rings. The molecule has 0 saturated heterocycles. The monoisotopic (exact) mass is 261 g/mol. The first kappa shape index (κ1) is 12.8. The van der Waals surface area contributed by atoms with Crippen molar-refractivity contribution >= 4 is 0 Å². The lowest BCUT2D eigenvalue weighted by Gasteiger charge is -2.33. The normalized spacial score (nSPS) is 29.5. The summed E-state index contributed by atoms with van der Waals surface area (Å²) in [4.78, 5) is 0. The van der Waals surface area contributed by atoms with Gasteiger partial charge in [-0.05, 0) is 30.7 Å². The highest BCUT2D eigenvalue weighted by Gasteiger charge is 2.25. The Morgan fingerprint density at radius 3 is 3.00 bits per heavy atom. The first-order valence-electron chi connectivity index (χ1n) is 7.35. The molecule has 3 rings (SSSR count). The van der Waals surface area contributed by atoms with Crippen molar-refractivity contribution in [2.75, 3.05) is 6.79 Å². The van der Waals surface area contributed by atoms with Crippen molar-refractivity contribution in [2.45, 2.75) is 45.7 Å². The lowest BCUT2D eigenvalue weighted by molar-refractivity contribution is 0.172. The van der Waals surface area contributed by atoms with Gasteiger partial charge in [0.25, 0.3) is 0 Å². The standard InChI is InChI=1S/C16H23NO2/c1-11-6-7-12(2)14(8-11)17-9-13-4-3-5-15-16(13)19-10-18-15/h3-5,11-12,14,17H,6-10H2,1-2H3. The Morgan fingerprint density at radius 1 is 1.21 bits per heavy atom. The Bertz CT molecular complexity index is 446. The Balaban J connectivity index is 1.64. The molecule has 0 amide bonds. The molecule has 1 aliphatic carbocycles. The van der Waals surface area contributed by atoms with Gasteiger partial charge in [-0.2, -0.15) is 0 Å². The van der Waals surface area contributed by atoms with Gasteiger partial charge in [0.15, 0.2) is 11.5 Å². The van der Waals surface area contributed by atoms with E-state index < -0.39 is 0 Å². The van der Waals surface area contributed by atoms with Crippen LogP contribution in [0.15, 0.2) is 18.2 Å². The molecule has 1 aromatic carbocycles. The Hall–Kier alpha value is -1.22. The molecule has 0 radical (unpaired) electrons. The van der Waals surface area contributed by atoms with Crippen LogP contribution in [0.3, 0.4) is 0 Å². The number of benzene rings is 1. The highest BCUT2D eigenvalue weighted by Crippen LogP contribution is 2.35. The molecule has 1 aliphatic heterocycles. The van der Waals surface area contributed by atoms with Crippen LogP contribution in [0.5, 0.6) is 11.5 Å². The molecule has 1 aromatic rings. The van der Waals surface area contributed by atoms with Crippen molar-refractivity contribution in [1.29, 1.82) is 0 Å². The quantitative estimate of drug-likeness (QED) is 0.905. The molecule has 3 unspecified atom stereocenters. The summed E-state index contributed by atoms with van der Waals surface area (Å²) in [6.45, 7) is 5.94. The summed E-state index contributed by atoms with van der Waals surface area (Å²) in [5.41, 5.74) is 1.21. The number of para-hydroxylation sites is 1. The summed E-state index contributed by atoms with van der Waals surface area (Å²) in [6.07, 6.45) is 4.00. The third-order valence-corrected chi connectivity index (χ3v) is 4.49. The summed E-state index contributed by atoms with van der Waals surface area (Å²) in [7, 11) is 0. The molecule has 3 nitrogen and oxygen atoms in total. The van der Waals surface area contributed by atoms with Crippen molar-refractivity contribution in [3.63, 3.8) is 0 Å². The van der Waals surface area contributed by atoms with Gasteiger partial charge < -0.3 is 14.8 Å². The fourth-order valence-electron chi connectivity index (χ4n) is 3.19. The number of fused-ring (bicyclic) bond motifs is 1. The first-order valence-corrected chi connectivity index (χ1v) is 7.35. The van der Waals surface area contributed by atoms with Gasteiger partial charge in [-0.1, -0.05) is 32.4 Å². The highest BCUT2D eigenvalue weighted by molar-refractivity contribution is 5.48. The van der Waals surface area contributed by atoms with Crippen LogP contribution in [0.2, 0.25) is 0 Å². The zero-order valence-electron chi connectivity index (χ0n) is 11.8. The van der Waals surface area contributed by atoms with E-state index in [-0.39, 0.29) is 0 Å². The maximum Gasteiger partial charge on any atom is 0.231 e. The Morgan fingerprint density at radius 2 is 2.11 bits per heavy atom. The first-order chi connectivity index (χ1) is 9.24. The van der Waals surface area contributed by atoms with Gasteiger partial charge in [0.1, 0.15) is 0 Å². The minimum Gasteiger partial charge on any atom is -0.454 e. The molecule has 0 bridgehead atoms. The minimum atomic E-state index is 0.350. The molecule has 0 spiro atoms. The van der Waals surface area contributed by atoms with E-state index in [0.717, 1.165) is 29.9 Å². The number of hydrogen-bond acceptors (Lipinski definition) is 3. The number of ether oxygens (including phenoxy) is 2. The summed E-state index contributed by atoms with van der Waals surface area (Å²) in [5.74, 6) is 3.41. The topological polar surface area (TPSA) is 30.5 Å². The average molecular weight is 261 g/mol. The van der Waals surface area contributed by atoms with Crippen LogP contribution < -0.4 is 14.8 Å². The van der Waals surface area contributed by atoms with E-state index >= 15 is 0 Å². The maximum absolute atomic E-state index is 5.56. The van der Waals surface area contributed by atoms with Crippen LogP contribution in [0.1, 0.15) is 38.7 Å². The molecule has 1 N–H and O–H groups in total. The predicted octanol–water partition coefficient (Wildman–Crippen LogP) is 3.33. The number of rotatable bonds is 3. The molecule has 1 heterocycles. The maximum atomic E-state index is 5.56. The van der Waals surface area contributed by atoms with E-state index in [9.17, 15) is 0 Å². The van der Waals surface area contributed by atoms with Crippen LogP contribution in [0.25, 0.3) is 0 Å². The number of nitrogens with one attached hydrogen (secondary N) is 1. The molecule has 104 valence electrons. The van der Waals surface area contributed by atoms with Gasteiger partial charge in [0.2, 0.25) is 6.79 Å². The Labute approximate surface area is 115 Å². The molecule has 1 fully saturated rings. The minimum absolute atomic E-state index is 0.350. The van der Waals surface area contributed by atoms with Gasteiger partial charge in [-0.15, -0.1) is 0 Å². The Kier molecular flexibility index (Phi) is 3.65. The third kappa shape index (κ3) is 2.71. The molecule has 1 saturated carbocycles. The summed E-state index contributed by atoms with van der Waals surface area (Å²) in [5, 5.41) is 3.71. The van der Waals surface area contributed by atoms with Crippen LogP contribution in [0.4, 0.5) is 0 Å². The number of hydrogen-bond donors (Lipinski definition) is 1. The van der Waals surface area contributed by atoms with E-state index in [1.165, 1.54) is 24.8 Å². The van der Waals surface area contributed by atoms with Crippen LogP contribution in [-0.4, -0.2) is 12.8 Å². The molecular formula is C16H23NO2. The van der Waals surface area contributed by atoms with Crippen molar-refractivity contribution in [2.24, 2.45) is 11.8 Å². The van der Waals surface area contributed by atoms with Crippen molar-refractivity contribution in [3.8, 4) is 11.5 Å². The van der Waals surface area contributed by atoms with Gasteiger partial charge in [0, 0.05) is 18.2 Å². The van der Waals surface area contributed by atoms with Gasteiger partial charge in [-0.3, -0.25) is 0 Å². The second-order valence-corrected chi connectivity index (χ2v) is 6.03. The van der Waals surface area contributed by atoms with Crippen molar-refractivity contribution < 1.29 is 9.47 Å². The third-order valence-electron chi connectivity index (χ3n) is 4.49. The molecule has 3 atom stereocenters. The van der Waals surface area contributed by atoms with E-state index in [0.29, 0.717) is 12.8 Å². The second-order valence-electron chi connectivity index (χ2n) is 6.03. The van der Waals surface area contributed by atoms with E-state index in [1.807, 2.05) is 12.1 Å². The smallest absolute Gasteiger partial charge is 0.231 e. The largest absolute Gasteiger partial charge is 0.454 e. The predicted molar refractivity (Wildman–Crippen MR) is 75.4 cm³/mol. The van der Waals surface area contributed by atoms with Crippen molar-refractivity contribution in [3.05, 3.63) is 23.8 Å². The molecule has 3 heteroatoms. The summed E-state index contributed by atoms with van der Waals surface area (Å²) >= 11 is 0. The summed E-state index contributed by atoms with van der Waals surface area (Å²) in [6, 6.07) is 6.76. The van der Waals surface area contributed by atoms with Gasteiger partial charge in [-0.25, -0.2) is 0 Å². The molecule has 19 heavy (non-hydrogen) atoms. The molecule has 0 aromatic heterocycles. The highest BCUT2D eigenvalue weighted by atomic mass is 16.7.